The van der Waals surface area contributed by atoms with E-state index in [1.54, 1.807) is 19.3 Å². The molecule has 126 valence electrons. The Morgan fingerprint density at radius 2 is 2.00 bits per heavy atom. The normalized spacial score (nSPS) is 11.4. The van der Waals surface area contributed by atoms with E-state index in [0.717, 1.165) is 10.6 Å². The predicted molar refractivity (Wildman–Crippen MR) is 99.1 cm³/mol. The van der Waals surface area contributed by atoms with Crippen LogP contribution in [0.25, 0.3) is 0 Å². The van der Waals surface area contributed by atoms with Crippen molar-refractivity contribution in [3.8, 4) is 11.5 Å². The van der Waals surface area contributed by atoms with E-state index in [1.807, 2.05) is 49.4 Å². The summed E-state index contributed by atoms with van der Waals surface area (Å²) in [7, 11) is 1.63. The third-order valence-electron chi connectivity index (χ3n) is 3.21. The van der Waals surface area contributed by atoms with E-state index in [4.69, 9.17) is 9.47 Å². The molecule has 0 bridgehead atoms. The molecule has 2 rings (SSSR count). The number of anilines is 1. The van der Waals surface area contributed by atoms with Gasteiger partial charge in [-0.05, 0) is 43.3 Å². The van der Waals surface area contributed by atoms with Crippen LogP contribution >= 0.6 is 11.8 Å². The van der Waals surface area contributed by atoms with Gasteiger partial charge in [-0.2, -0.15) is 0 Å². The molecule has 0 radical (unpaired) electrons. The number of ether oxygens (including phenoxy) is 2. The molecule has 0 fully saturated rings. The van der Waals surface area contributed by atoms with Crippen LogP contribution in [0, 0.1) is 0 Å². The van der Waals surface area contributed by atoms with E-state index < -0.39 is 0 Å². The van der Waals surface area contributed by atoms with Crippen LogP contribution < -0.4 is 14.8 Å². The number of hydrogen-bond acceptors (Lipinski definition) is 4. The number of nitrogens with one attached hydrogen (secondary N) is 1. The van der Waals surface area contributed by atoms with Gasteiger partial charge in [0, 0.05) is 16.6 Å². The lowest BCUT2D eigenvalue weighted by atomic mass is 10.3. The summed E-state index contributed by atoms with van der Waals surface area (Å²) in [5, 5.41) is 2.69. The fraction of sp³-hybridized carbons (Fsp3) is 0.211. The molecule has 0 spiro atoms. The van der Waals surface area contributed by atoms with E-state index in [-0.39, 0.29) is 11.2 Å². The van der Waals surface area contributed by atoms with Crippen molar-refractivity contribution >= 4 is 23.4 Å². The maximum Gasteiger partial charge on any atom is 0.237 e. The number of rotatable bonds is 8. The summed E-state index contributed by atoms with van der Waals surface area (Å²) in [4.78, 5) is 13.4. The van der Waals surface area contributed by atoms with Gasteiger partial charge in [-0.25, -0.2) is 0 Å². The second kappa shape index (κ2) is 9.03. The SMILES string of the molecule is C=CCOc1cccc(NC(=O)[C@H](C)Sc2ccc(OC)cc2)c1. The van der Waals surface area contributed by atoms with Crippen molar-refractivity contribution < 1.29 is 14.3 Å². The number of methoxy groups -OCH3 is 1. The monoisotopic (exact) mass is 343 g/mol. The highest BCUT2D eigenvalue weighted by molar-refractivity contribution is 8.00. The molecule has 0 aliphatic carbocycles. The van der Waals surface area contributed by atoms with Crippen LogP contribution in [0.15, 0.2) is 66.1 Å². The van der Waals surface area contributed by atoms with Crippen LogP contribution in [-0.2, 0) is 4.79 Å². The van der Waals surface area contributed by atoms with E-state index in [1.165, 1.54) is 11.8 Å². The molecule has 1 atom stereocenters. The van der Waals surface area contributed by atoms with Gasteiger partial charge in [-0.1, -0.05) is 18.7 Å². The molecule has 5 heteroatoms. The molecule has 1 N–H and O–H groups in total. The molecular formula is C19H21NO3S. The summed E-state index contributed by atoms with van der Waals surface area (Å²) in [6.45, 7) is 5.92. The molecule has 0 heterocycles. The minimum atomic E-state index is -0.226. The van der Waals surface area contributed by atoms with Crippen molar-refractivity contribution in [1.82, 2.24) is 0 Å². The Labute approximate surface area is 146 Å². The average Bonchev–Trinajstić information content (AvgIpc) is 2.61. The maximum absolute atomic E-state index is 12.4. The number of amides is 1. The van der Waals surface area contributed by atoms with Gasteiger partial charge in [-0.3, -0.25) is 4.79 Å². The van der Waals surface area contributed by atoms with E-state index in [2.05, 4.69) is 11.9 Å². The maximum atomic E-state index is 12.4. The lowest BCUT2D eigenvalue weighted by Gasteiger charge is -2.13. The highest BCUT2D eigenvalue weighted by Gasteiger charge is 2.15. The molecule has 0 aromatic heterocycles. The summed E-state index contributed by atoms with van der Waals surface area (Å²) in [6, 6.07) is 15.0. The molecule has 0 aliphatic rings. The Balaban J connectivity index is 1.94. The van der Waals surface area contributed by atoms with Crippen molar-refractivity contribution in [2.75, 3.05) is 19.0 Å². The van der Waals surface area contributed by atoms with Gasteiger partial charge < -0.3 is 14.8 Å². The van der Waals surface area contributed by atoms with Crippen LogP contribution in [0.3, 0.4) is 0 Å². The zero-order valence-electron chi connectivity index (χ0n) is 13.8. The first-order valence-corrected chi connectivity index (χ1v) is 8.45. The quantitative estimate of drug-likeness (QED) is 0.571. The van der Waals surface area contributed by atoms with Gasteiger partial charge in [0.1, 0.15) is 18.1 Å². The Morgan fingerprint density at radius 1 is 1.25 bits per heavy atom. The summed E-state index contributed by atoms with van der Waals surface area (Å²) >= 11 is 1.50. The number of benzene rings is 2. The number of hydrogen-bond donors (Lipinski definition) is 1. The zero-order valence-corrected chi connectivity index (χ0v) is 14.6. The smallest absolute Gasteiger partial charge is 0.237 e. The van der Waals surface area contributed by atoms with Crippen LogP contribution in [-0.4, -0.2) is 24.9 Å². The van der Waals surface area contributed by atoms with Gasteiger partial charge in [0.15, 0.2) is 0 Å². The molecule has 2 aromatic carbocycles. The van der Waals surface area contributed by atoms with Crippen molar-refractivity contribution in [2.45, 2.75) is 17.1 Å². The molecule has 2 aromatic rings. The fourth-order valence-corrected chi connectivity index (χ4v) is 2.84. The van der Waals surface area contributed by atoms with Gasteiger partial charge in [0.2, 0.25) is 5.91 Å². The van der Waals surface area contributed by atoms with Gasteiger partial charge in [0.25, 0.3) is 0 Å². The molecule has 24 heavy (non-hydrogen) atoms. The first kappa shape index (κ1) is 17.9. The minimum absolute atomic E-state index is 0.0586. The Hall–Kier alpha value is -2.40. The third-order valence-corrected chi connectivity index (χ3v) is 4.32. The molecule has 4 nitrogen and oxygen atoms in total. The first-order valence-electron chi connectivity index (χ1n) is 7.57. The van der Waals surface area contributed by atoms with Crippen molar-refractivity contribution in [2.24, 2.45) is 0 Å². The molecule has 0 aliphatic heterocycles. The van der Waals surface area contributed by atoms with Crippen molar-refractivity contribution in [3.05, 3.63) is 61.2 Å². The van der Waals surface area contributed by atoms with Crippen molar-refractivity contribution in [3.63, 3.8) is 0 Å². The summed E-state index contributed by atoms with van der Waals surface area (Å²) < 4.78 is 10.6. The first-order chi connectivity index (χ1) is 11.6. The average molecular weight is 343 g/mol. The molecule has 0 saturated carbocycles. The zero-order chi connectivity index (χ0) is 17.4. The van der Waals surface area contributed by atoms with Crippen LogP contribution in [0.1, 0.15) is 6.92 Å². The number of thioether (sulfide) groups is 1. The Morgan fingerprint density at radius 3 is 2.67 bits per heavy atom. The second-order valence-corrected chi connectivity index (χ2v) is 6.47. The van der Waals surface area contributed by atoms with Crippen LogP contribution in [0.2, 0.25) is 0 Å². The molecule has 0 unspecified atom stereocenters. The third kappa shape index (κ3) is 5.35. The van der Waals surface area contributed by atoms with Crippen LogP contribution in [0.5, 0.6) is 11.5 Å². The lowest BCUT2D eigenvalue weighted by Crippen LogP contribution is -2.22. The molecule has 0 saturated heterocycles. The Bertz CT molecular complexity index is 685. The van der Waals surface area contributed by atoms with E-state index in [9.17, 15) is 4.79 Å². The highest BCUT2D eigenvalue weighted by atomic mass is 32.2. The molecular weight excluding hydrogens is 322 g/mol. The molecule has 1 amide bonds. The number of carbonyl (C=O) groups excluding carboxylic acids is 1. The van der Waals surface area contributed by atoms with Gasteiger partial charge in [0.05, 0.1) is 12.4 Å². The topological polar surface area (TPSA) is 47.6 Å². The van der Waals surface area contributed by atoms with E-state index >= 15 is 0 Å². The Kier molecular flexibility index (Phi) is 6.75. The van der Waals surface area contributed by atoms with Crippen LogP contribution in [0.4, 0.5) is 5.69 Å². The largest absolute Gasteiger partial charge is 0.497 e. The van der Waals surface area contributed by atoms with Gasteiger partial charge >= 0.3 is 0 Å². The van der Waals surface area contributed by atoms with Gasteiger partial charge in [-0.15, -0.1) is 11.8 Å². The minimum Gasteiger partial charge on any atom is -0.497 e. The van der Waals surface area contributed by atoms with Crippen molar-refractivity contribution in [1.29, 1.82) is 0 Å². The van der Waals surface area contributed by atoms with E-state index in [0.29, 0.717) is 18.0 Å². The predicted octanol–water partition coefficient (Wildman–Crippen LogP) is 4.38. The lowest BCUT2D eigenvalue weighted by molar-refractivity contribution is -0.115. The number of carbonyl (C=O) groups is 1. The summed E-state index contributed by atoms with van der Waals surface area (Å²) in [5.74, 6) is 1.44. The summed E-state index contributed by atoms with van der Waals surface area (Å²) in [5.41, 5.74) is 0.712. The summed E-state index contributed by atoms with van der Waals surface area (Å²) in [6.07, 6.45) is 1.68. The highest BCUT2D eigenvalue weighted by Crippen LogP contribution is 2.26. The standard InChI is InChI=1S/C19H21NO3S/c1-4-12-23-17-7-5-6-15(13-17)20-19(21)14(2)24-18-10-8-16(22-3)9-11-18/h4-11,13-14H,1,12H2,2-3H3,(H,20,21)/t14-/m0/s1. The second-order valence-electron chi connectivity index (χ2n) is 5.05. The fourth-order valence-electron chi connectivity index (χ4n) is 1.97.